The van der Waals surface area contributed by atoms with Gasteiger partial charge in [0, 0.05) is 20.8 Å². The predicted molar refractivity (Wildman–Crippen MR) is 113 cm³/mol. The first kappa shape index (κ1) is 22.1. The number of amides is 2. The Morgan fingerprint density at radius 1 is 1.10 bits per heavy atom. The quantitative estimate of drug-likeness (QED) is 0.367. The van der Waals surface area contributed by atoms with Crippen LogP contribution in [0.3, 0.4) is 0 Å². The second-order valence-corrected chi connectivity index (χ2v) is 7.92. The molecule has 0 atom stereocenters. The number of rotatable bonds is 4. The van der Waals surface area contributed by atoms with Crippen LogP contribution in [0.25, 0.3) is 10.1 Å². The molecule has 0 fully saturated rings. The van der Waals surface area contributed by atoms with Crippen LogP contribution in [0.1, 0.15) is 22.2 Å². The number of hydrogen-bond donors (Lipinski definition) is 2. The van der Waals surface area contributed by atoms with Crippen molar-refractivity contribution in [3.63, 3.8) is 0 Å². The van der Waals surface area contributed by atoms with E-state index in [0.29, 0.717) is 21.7 Å². The van der Waals surface area contributed by atoms with Crippen LogP contribution in [-0.4, -0.2) is 23.7 Å². The molecule has 0 radical (unpaired) electrons. The molecule has 0 saturated carbocycles. The van der Waals surface area contributed by atoms with Crippen LogP contribution in [0.4, 0.5) is 18.9 Å². The van der Waals surface area contributed by atoms with E-state index < -0.39 is 18.0 Å². The summed E-state index contributed by atoms with van der Waals surface area (Å²) in [6.07, 6.45) is -5.00. The Bertz CT molecular complexity index is 1180. The monoisotopic (exact) mass is 473 g/mol. The summed E-state index contributed by atoms with van der Waals surface area (Å²) in [7, 11) is 0. The highest BCUT2D eigenvalue weighted by Crippen LogP contribution is 2.36. The van der Waals surface area contributed by atoms with Crippen LogP contribution in [-0.2, 0) is 4.79 Å². The third kappa shape index (κ3) is 4.92. The van der Waals surface area contributed by atoms with Gasteiger partial charge in [-0.05, 0) is 36.8 Å². The van der Waals surface area contributed by atoms with E-state index in [1.54, 1.807) is 36.5 Å². The smallest absolute Gasteiger partial charge is 0.318 e. The number of thiophene rings is 1. The summed E-state index contributed by atoms with van der Waals surface area (Å²) in [5, 5.41) is 7.20. The third-order valence-electron chi connectivity index (χ3n) is 3.92. The first-order valence-electron chi connectivity index (χ1n) is 8.27. The molecule has 5 nitrogen and oxygen atoms in total. The maximum absolute atomic E-state index is 12.5. The van der Waals surface area contributed by atoms with E-state index in [-0.39, 0.29) is 15.6 Å². The zero-order valence-corrected chi connectivity index (χ0v) is 17.4. The van der Waals surface area contributed by atoms with Crippen LogP contribution < -0.4 is 10.7 Å². The molecule has 0 aliphatic rings. The fourth-order valence-corrected chi connectivity index (χ4v) is 4.14. The van der Waals surface area contributed by atoms with Crippen molar-refractivity contribution in [3.05, 3.63) is 63.0 Å². The second-order valence-electron chi connectivity index (χ2n) is 6.06. The molecular weight excluding hydrogens is 462 g/mol. The maximum Gasteiger partial charge on any atom is 0.471 e. The summed E-state index contributed by atoms with van der Waals surface area (Å²) in [4.78, 5) is 23.8. The van der Waals surface area contributed by atoms with E-state index in [0.717, 1.165) is 16.0 Å². The molecule has 1 aromatic heterocycles. The standard InChI is InChI=1S/C19H12Cl2F3N3O2S/c1-9(10-3-2-4-12(7-10)25-18(29)19(22,23)24)26-27-17(28)16-15(21)13-6-5-11(20)8-14(13)30-16/h2-8H,1H3,(H,25,29)(H,27,28)/b26-9+. The van der Waals surface area contributed by atoms with E-state index in [2.05, 4.69) is 10.5 Å². The number of carbonyl (C=O) groups excluding carboxylic acids is 2. The Morgan fingerprint density at radius 3 is 2.53 bits per heavy atom. The van der Waals surface area contributed by atoms with Crippen molar-refractivity contribution in [1.29, 1.82) is 0 Å². The van der Waals surface area contributed by atoms with Gasteiger partial charge in [0.15, 0.2) is 0 Å². The number of fused-ring (bicyclic) bond motifs is 1. The van der Waals surface area contributed by atoms with Crippen molar-refractivity contribution < 1.29 is 22.8 Å². The van der Waals surface area contributed by atoms with Crippen molar-refractivity contribution in [1.82, 2.24) is 5.43 Å². The summed E-state index contributed by atoms with van der Waals surface area (Å²) >= 11 is 13.4. The van der Waals surface area contributed by atoms with Crippen molar-refractivity contribution >= 4 is 67.8 Å². The lowest BCUT2D eigenvalue weighted by molar-refractivity contribution is -0.167. The molecule has 2 amide bonds. The van der Waals surface area contributed by atoms with Crippen molar-refractivity contribution in [2.45, 2.75) is 13.1 Å². The molecule has 0 saturated heterocycles. The Kier molecular flexibility index (Phi) is 6.35. The number of hydrogen-bond acceptors (Lipinski definition) is 4. The number of anilines is 1. The highest BCUT2D eigenvalue weighted by atomic mass is 35.5. The minimum absolute atomic E-state index is 0.0554. The van der Waals surface area contributed by atoms with Crippen LogP contribution in [0.15, 0.2) is 47.6 Å². The molecule has 2 N–H and O–H groups in total. The largest absolute Gasteiger partial charge is 0.471 e. The molecule has 0 spiro atoms. The lowest BCUT2D eigenvalue weighted by Gasteiger charge is -2.09. The van der Waals surface area contributed by atoms with Gasteiger partial charge in [-0.15, -0.1) is 11.3 Å². The lowest BCUT2D eigenvalue weighted by Crippen LogP contribution is -2.29. The molecule has 0 bridgehead atoms. The van der Waals surface area contributed by atoms with Crippen LogP contribution in [0, 0.1) is 0 Å². The second kappa shape index (κ2) is 8.63. The molecule has 0 unspecified atom stereocenters. The highest BCUT2D eigenvalue weighted by molar-refractivity contribution is 7.21. The SMILES string of the molecule is C/C(=N\NC(=O)c1sc2cc(Cl)ccc2c1Cl)c1cccc(NC(=O)C(F)(F)F)c1. The topological polar surface area (TPSA) is 70.6 Å². The summed E-state index contributed by atoms with van der Waals surface area (Å²) in [6.45, 7) is 1.55. The zero-order chi connectivity index (χ0) is 22.1. The normalized spacial score (nSPS) is 12.1. The van der Waals surface area contributed by atoms with Gasteiger partial charge in [0.2, 0.25) is 0 Å². The number of benzene rings is 2. The lowest BCUT2D eigenvalue weighted by atomic mass is 10.1. The first-order valence-corrected chi connectivity index (χ1v) is 9.84. The zero-order valence-electron chi connectivity index (χ0n) is 15.1. The Morgan fingerprint density at radius 2 is 1.83 bits per heavy atom. The molecule has 2 aromatic carbocycles. The molecule has 156 valence electrons. The average molecular weight is 474 g/mol. The molecule has 0 aliphatic carbocycles. The maximum atomic E-state index is 12.5. The molecule has 0 aliphatic heterocycles. The van der Waals surface area contributed by atoms with Gasteiger partial charge in [0.05, 0.1) is 10.7 Å². The molecule has 30 heavy (non-hydrogen) atoms. The number of halogens is 5. The number of nitrogens with one attached hydrogen (secondary N) is 2. The van der Waals surface area contributed by atoms with E-state index in [1.165, 1.54) is 18.2 Å². The summed E-state index contributed by atoms with van der Waals surface area (Å²) in [6, 6.07) is 10.7. The third-order valence-corrected chi connectivity index (χ3v) is 5.81. The summed E-state index contributed by atoms with van der Waals surface area (Å²) in [5.41, 5.74) is 3.04. The van der Waals surface area contributed by atoms with Crippen LogP contribution >= 0.6 is 34.5 Å². The van der Waals surface area contributed by atoms with Gasteiger partial charge in [-0.3, -0.25) is 9.59 Å². The molecular formula is C19H12Cl2F3N3O2S. The van der Waals surface area contributed by atoms with Gasteiger partial charge in [0.25, 0.3) is 5.91 Å². The molecule has 3 aromatic rings. The van der Waals surface area contributed by atoms with E-state index in [9.17, 15) is 22.8 Å². The Labute approximate surface area is 182 Å². The van der Waals surface area contributed by atoms with Crippen molar-refractivity contribution in [3.8, 4) is 0 Å². The van der Waals surface area contributed by atoms with Gasteiger partial charge in [-0.2, -0.15) is 18.3 Å². The number of alkyl halides is 3. The number of nitrogens with zero attached hydrogens (tertiary/aromatic N) is 1. The average Bonchev–Trinajstić information content (AvgIpc) is 3.01. The fraction of sp³-hybridized carbons (Fsp3) is 0.105. The molecule has 1 heterocycles. The van der Waals surface area contributed by atoms with E-state index >= 15 is 0 Å². The van der Waals surface area contributed by atoms with Gasteiger partial charge < -0.3 is 5.32 Å². The highest BCUT2D eigenvalue weighted by Gasteiger charge is 2.38. The van der Waals surface area contributed by atoms with Crippen molar-refractivity contribution in [2.24, 2.45) is 5.10 Å². The van der Waals surface area contributed by atoms with Gasteiger partial charge >= 0.3 is 12.1 Å². The number of hydrazone groups is 1. The molecule has 11 heteroatoms. The molecule has 3 rings (SSSR count). The van der Waals surface area contributed by atoms with Gasteiger partial charge in [0.1, 0.15) is 4.88 Å². The summed E-state index contributed by atoms with van der Waals surface area (Å²) in [5.74, 6) is -2.62. The van der Waals surface area contributed by atoms with Gasteiger partial charge in [-0.25, -0.2) is 5.43 Å². The van der Waals surface area contributed by atoms with Gasteiger partial charge in [-0.1, -0.05) is 41.4 Å². The Hall–Kier alpha value is -2.62. The Balaban J connectivity index is 1.77. The predicted octanol–water partition coefficient (Wildman–Crippen LogP) is 5.86. The first-order chi connectivity index (χ1) is 14.1. The van der Waals surface area contributed by atoms with E-state index in [1.807, 2.05) is 0 Å². The minimum Gasteiger partial charge on any atom is -0.318 e. The van der Waals surface area contributed by atoms with Crippen LogP contribution in [0.2, 0.25) is 10.0 Å². The number of carbonyl (C=O) groups is 2. The van der Waals surface area contributed by atoms with Crippen LogP contribution in [0.5, 0.6) is 0 Å². The van der Waals surface area contributed by atoms with Crippen molar-refractivity contribution in [2.75, 3.05) is 5.32 Å². The minimum atomic E-state index is -5.00. The van der Waals surface area contributed by atoms with E-state index in [4.69, 9.17) is 23.2 Å². The fourth-order valence-electron chi connectivity index (χ4n) is 2.46. The summed E-state index contributed by atoms with van der Waals surface area (Å²) < 4.78 is 37.9.